The predicted molar refractivity (Wildman–Crippen MR) is 124 cm³/mol. The van der Waals surface area contributed by atoms with Gasteiger partial charge in [-0.1, -0.05) is 37.3 Å². The van der Waals surface area contributed by atoms with E-state index in [1.54, 1.807) is 6.20 Å². The maximum atomic E-state index is 12.9. The number of piperidine rings is 1. The van der Waals surface area contributed by atoms with E-state index in [9.17, 15) is 4.79 Å². The molecule has 2 N–H and O–H groups in total. The molecule has 0 atom stereocenters. The van der Waals surface area contributed by atoms with Crippen molar-refractivity contribution < 1.29 is 4.79 Å². The van der Waals surface area contributed by atoms with E-state index in [4.69, 9.17) is 5.73 Å². The molecule has 160 valence electrons. The van der Waals surface area contributed by atoms with Crippen molar-refractivity contribution in [2.45, 2.75) is 26.2 Å². The molecule has 0 spiro atoms. The van der Waals surface area contributed by atoms with Crippen LogP contribution in [-0.4, -0.2) is 48.5 Å². The lowest BCUT2D eigenvalue weighted by atomic mass is 9.99. The largest absolute Gasteiger partial charge is 0.357 e. The van der Waals surface area contributed by atoms with Crippen molar-refractivity contribution in [3.8, 4) is 0 Å². The van der Waals surface area contributed by atoms with Crippen LogP contribution in [0.15, 0.2) is 48.7 Å². The monoisotopic (exact) mass is 438 g/mol. The first-order valence-electron chi connectivity index (χ1n) is 9.91. The zero-order valence-electron chi connectivity index (χ0n) is 17.0. The Morgan fingerprint density at radius 2 is 1.79 bits per heavy atom. The molecule has 0 unspecified atom stereocenters. The molecule has 1 fully saturated rings. The Hall–Kier alpha value is -1.82. The number of halogens is 2. The summed E-state index contributed by atoms with van der Waals surface area (Å²) in [4.78, 5) is 21.6. The fraction of sp³-hybridized carbons (Fsp3) is 0.455. The first-order valence-corrected chi connectivity index (χ1v) is 9.91. The maximum absolute atomic E-state index is 12.9. The van der Waals surface area contributed by atoms with Crippen LogP contribution in [0.3, 0.4) is 0 Å². The Morgan fingerprint density at radius 3 is 2.38 bits per heavy atom. The number of hydrogen-bond donors (Lipinski definition) is 1. The first kappa shape index (κ1) is 25.2. The summed E-state index contributed by atoms with van der Waals surface area (Å²) in [6.45, 7) is 6.05. The molecule has 1 saturated heterocycles. The van der Waals surface area contributed by atoms with E-state index < -0.39 is 0 Å². The number of carbonyl (C=O) groups excluding carboxylic acids is 1. The highest BCUT2D eigenvalue weighted by Crippen LogP contribution is 2.21. The fourth-order valence-corrected chi connectivity index (χ4v) is 3.50. The van der Waals surface area contributed by atoms with Crippen molar-refractivity contribution in [3.63, 3.8) is 0 Å². The topological polar surface area (TPSA) is 62.5 Å². The van der Waals surface area contributed by atoms with Crippen molar-refractivity contribution >= 4 is 36.5 Å². The van der Waals surface area contributed by atoms with Gasteiger partial charge in [0.2, 0.25) is 0 Å². The Balaban J connectivity index is 0.00000210. The van der Waals surface area contributed by atoms with Gasteiger partial charge in [0.05, 0.1) is 5.56 Å². The van der Waals surface area contributed by atoms with Crippen molar-refractivity contribution in [2.75, 3.05) is 37.6 Å². The third-order valence-corrected chi connectivity index (χ3v) is 5.30. The van der Waals surface area contributed by atoms with Gasteiger partial charge >= 0.3 is 0 Å². The highest BCUT2D eigenvalue weighted by atomic mass is 35.5. The van der Waals surface area contributed by atoms with E-state index in [-0.39, 0.29) is 30.7 Å². The molecule has 2 heterocycles. The number of carbonyl (C=O) groups is 1. The molecule has 0 bridgehead atoms. The SMILES string of the molecule is CC1CCN(c2ccc(C(=O)N(CCN)CCc3ccccc3)cn2)CC1.Cl.Cl. The summed E-state index contributed by atoms with van der Waals surface area (Å²) in [5.74, 6) is 1.76. The molecule has 3 rings (SSSR count). The van der Waals surface area contributed by atoms with E-state index in [1.807, 2.05) is 35.2 Å². The van der Waals surface area contributed by atoms with Gasteiger partial charge in [-0.25, -0.2) is 4.98 Å². The summed E-state index contributed by atoms with van der Waals surface area (Å²) in [5.41, 5.74) is 7.58. The second kappa shape index (κ2) is 12.7. The smallest absolute Gasteiger partial charge is 0.255 e. The highest BCUT2D eigenvalue weighted by molar-refractivity contribution is 5.94. The van der Waals surface area contributed by atoms with Crippen molar-refractivity contribution in [1.82, 2.24) is 9.88 Å². The van der Waals surface area contributed by atoms with Gasteiger partial charge in [-0.2, -0.15) is 0 Å². The van der Waals surface area contributed by atoms with Crippen molar-refractivity contribution in [1.29, 1.82) is 0 Å². The van der Waals surface area contributed by atoms with Crippen LogP contribution in [0.2, 0.25) is 0 Å². The Morgan fingerprint density at radius 1 is 1.10 bits per heavy atom. The van der Waals surface area contributed by atoms with E-state index in [0.717, 1.165) is 31.2 Å². The van der Waals surface area contributed by atoms with Gasteiger partial charge in [0.15, 0.2) is 0 Å². The predicted octanol–water partition coefficient (Wildman–Crippen LogP) is 3.81. The molecule has 1 aromatic carbocycles. The summed E-state index contributed by atoms with van der Waals surface area (Å²) in [6.07, 6.45) is 4.93. The van der Waals surface area contributed by atoms with Gasteiger partial charge in [-0.15, -0.1) is 24.8 Å². The van der Waals surface area contributed by atoms with Crippen LogP contribution in [0.4, 0.5) is 5.82 Å². The van der Waals surface area contributed by atoms with Crippen LogP contribution >= 0.6 is 24.8 Å². The zero-order chi connectivity index (χ0) is 19.1. The summed E-state index contributed by atoms with van der Waals surface area (Å²) in [7, 11) is 0. The lowest BCUT2D eigenvalue weighted by Crippen LogP contribution is -2.37. The number of hydrogen-bond acceptors (Lipinski definition) is 4. The van der Waals surface area contributed by atoms with Crippen LogP contribution in [0.1, 0.15) is 35.7 Å². The average molecular weight is 439 g/mol. The van der Waals surface area contributed by atoms with E-state index in [2.05, 4.69) is 28.9 Å². The van der Waals surface area contributed by atoms with Crippen molar-refractivity contribution in [3.05, 3.63) is 59.8 Å². The second-order valence-electron chi connectivity index (χ2n) is 7.39. The van der Waals surface area contributed by atoms with Gasteiger partial charge in [0, 0.05) is 38.9 Å². The van der Waals surface area contributed by atoms with Gasteiger partial charge in [-0.05, 0) is 42.9 Å². The molecule has 7 heteroatoms. The molecule has 29 heavy (non-hydrogen) atoms. The third kappa shape index (κ3) is 7.18. The van der Waals surface area contributed by atoms with Crippen LogP contribution in [0.25, 0.3) is 0 Å². The van der Waals surface area contributed by atoms with Crippen LogP contribution < -0.4 is 10.6 Å². The number of benzene rings is 1. The molecule has 5 nitrogen and oxygen atoms in total. The number of aromatic nitrogens is 1. The maximum Gasteiger partial charge on any atom is 0.255 e. The molecule has 1 aromatic heterocycles. The summed E-state index contributed by atoms with van der Waals surface area (Å²) < 4.78 is 0. The zero-order valence-corrected chi connectivity index (χ0v) is 18.6. The van der Waals surface area contributed by atoms with E-state index in [0.29, 0.717) is 25.2 Å². The molecular formula is C22H32Cl2N4O. The van der Waals surface area contributed by atoms with Gasteiger partial charge in [0.25, 0.3) is 5.91 Å². The number of nitrogens with zero attached hydrogens (tertiary/aromatic N) is 3. The summed E-state index contributed by atoms with van der Waals surface area (Å²) in [6, 6.07) is 14.1. The quantitative estimate of drug-likeness (QED) is 0.713. The normalized spacial score (nSPS) is 13.9. The van der Waals surface area contributed by atoms with E-state index >= 15 is 0 Å². The average Bonchev–Trinajstić information content (AvgIpc) is 2.72. The number of anilines is 1. The Kier molecular flexibility index (Phi) is 11.0. The summed E-state index contributed by atoms with van der Waals surface area (Å²) >= 11 is 0. The molecule has 1 aliphatic rings. The minimum atomic E-state index is 0. The highest BCUT2D eigenvalue weighted by Gasteiger charge is 2.19. The third-order valence-electron chi connectivity index (χ3n) is 5.30. The number of amides is 1. The van der Waals surface area contributed by atoms with Crippen LogP contribution in [0.5, 0.6) is 0 Å². The lowest BCUT2D eigenvalue weighted by Gasteiger charge is -2.31. The molecule has 1 aliphatic heterocycles. The second-order valence-corrected chi connectivity index (χ2v) is 7.39. The van der Waals surface area contributed by atoms with E-state index in [1.165, 1.54) is 18.4 Å². The molecular weight excluding hydrogens is 407 g/mol. The fourth-order valence-electron chi connectivity index (χ4n) is 3.50. The number of nitrogens with two attached hydrogens (primary N) is 1. The lowest BCUT2D eigenvalue weighted by molar-refractivity contribution is 0.0761. The number of pyridine rings is 1. The van der Waals surface area contributed by atoms with Gasteiger partial charge < -0.3 is 15.5 Å². The molecule has 0 radical (unpaired) electrons. The summed E-state index contributed by atoms with van der Waals surface area (Å²) in [5, 5.41) is 0. The number of rotatable bonds is 7. The Bertz CT molecular complexity index is 719. The minimum Gasteiger partial charge on any atom is -0.357 e. The molecule has 1 amide bonds. The first-order chi connectivity index (χ1) is 13.2. The van der Waals surface area contributed by atoms with Crippen LogP contribution in [0, 0.1) is 5.92 Å². The van der Waals surface area contributed by atoms with Crippen molar-refractivity contribution in [2.24, 2.45) is 11.7 Å². The Labute approximate surface area is 186 Å². The minimum absolute atomic E-state index is 0. The van der Waals surface area contributed by atoms with Crippen LogP contribution in [-0.2, 0) is 6.42 Å². The van der Waals surface area contributed by atoms with Gasteiger partial charge in [-0.3, -0.25) is 4.79 Å². The molecule has 2 aromatic rings. The standard InChI is InChI=1S/C22H30N4O.2ClH/c1-18-9-13-25(14-10-18)21-8-7-20(17-24-21)22(27)26(16-12-23)15-11-19-5-3-2-4-6-19;;/h2-8,17-18H,9-16,23H2,1H3;2*1H. The molecule has 0 aliphatic carbocycles. The van der Waals surface area contributed by atoms with Gasteiger partial charge in [0.1, 0.15) is 5.82 Å². The molecule has 0 saturated carbocycles.